The zero-order chi connectivity index (χ0) is 19.7. The van der Waals surface area contributed by atoms with Crippen molar-refractivity contribution < 1.29 is 9.59 Å². The number of imide groups is 1. The molecule has 0 radical (unpaired) electrons. The maximum absolute atomic E-state index is 13.2. The van der Waals surface area contributed by atoms with E-state index in [1.807, 2.05) is 49.6 Å². The topological polar surface area (TPSA) is 43.9 Å². The minimum Gasteiger partial charge on any atom is -0.368 e. The van der Waals surface area contributed by atoms with Crippen molar-refractivity contribution in [3.05, 3.63) is 58.4 Å². The van der Waals surface area contributed by atoms with Gasteiger partial charge in [-0.05, 0) is 29.5 Å². The van der Waals surface area contributed by atoms with E-state index in [1.165, 1.54) is 21.9 Å². The lowest BCUT2D eigenvalue weighted by Crippen LogP contribution is -2.47. The number of benzene rings is 1. The van der Waals surface area contributed by atoms with Crippen molar-refractivity contribution in [2.75, 3.05) is 37.6 Å². The lowest BCUT2D eigenvalue weighted by atomic mass is 10.1. The summed E-state index contributed by atoms with van der Waals surface area (Å²) in [5.41, 5.74) is 2.36. The molecule has 4 rings (SSSR count). The summed E-state index contributed by atoms with van der Waals surface area (Å²) in [6, 6.07) is 14.2. The summed E-state index contributed by atoms with van der Waals surface area (Å²) in [7, 11) is 0. The number of carbonyl (C=O) groups is 2. The highest BCUT2D eigenvalue weighted by atomic mass is 32.1. The Labute approximate surface area is 169 Å². The molecule has 0 bridgehead atoms. The Morgan fingerprint density at radius 2 is 1.57 bits per heavy atom. The second-order valence-electron chi connectivity index (χ2n) is 7.63. The van der Waals surface area contributed by atoms with Crippen molar-refractivity contribution in [1.82, 2.24) is 9.80 Å². The first kappa shape index (κ1) is 18.7. The molecule has 0 atom stereocenters. The van der Waals surface area contributed by atoms with Gasteiger partial charge in [0.2, 0.25) is 0 Å². The maximum Gasteiger partial charge on any atom is 0.277 e. The summed E-state index contributed by atoms with van der Waals surface area (Å²) >= 11 is 1.52. The fourth-order valence-electron chi connectivity index (χ4n) is 3.86. The summed E-state index contributed by atoms with van der Waals surface area (Å²) in [6.45, 7) is 7.64. The Morgan fingerprint density at radius 1 is 0.893 bits per heavy atom. The van der Waals surface area contributed by atoms with E-state index < -0.39 is 0 Å². The molecule has 2 aliphatic rings. The summed E-state index contributed by atoms with van der Waals surface area (Å²) in [4.78, 5) is 33.1. The minimum absolute atomic E-state index is 0.143. The molecule has 1 fully saturated rings. The van der Waals surface area contributed by atoms with Crippen molar-refractivity contribution in [2.45, 2.75) is 13.8 Å². The molecule has 0 unspecified atom stereocenters. The number of hydrogen-bond donors (Lipinski definition) is 0. The van der Waals surface area contributed by atoms with Gasteiger partial charge in [-0.2, -0.15) is 0 Å². The monoisotopic (exact) mass is 395 g/mol. The van der Waals surface area contributed by atoms with E-state index >= 15 is 0 Å². The fourth-order valence-corrected chi connectivity index (χ4v) is 4.62. The smallest absolute Gasteiger partial charge is 0.277 e. The Balaban J connectivity index is 1.60. The van der Waals surface area contributed by atoms with Crippen molar-refractivity contribution in [3.8, 4) is 0 Å². The first-order valence-electron chi connectivity index (χ1n) is 9.75. The molecule has 3 heterocycles. The third-order valence-corrected chi connectivity index (χ3v) is 6.06. The number of rotatable bonds is 5. The SMILES string of the molecule is CC(C)CN1C(=O)C(c2cccs2)=C(N2CCN(c3ccccc3)CC2)C1=O. The van der Waals surface area contributed by atoms with E-state index in [1.54, 1.807) is 0 Å². The van der Waals surface area contributed by atoms with E-state index in [2.05, 4.69) is 21.9 Å². The highest BCUT2D eigenvalue weighted by Crippen LogP contribution is 2.35. The number of hydrogen-bond acceptors (Lipinski definition) is 5. The van der Waals surface area contributed by atoms with E-state index in [9.17, 15) is 9.59 Å². The standard InChI is InChI=1S/C22H25N3O2S/c1-16(2)15-25-21(26)19(18-9-6-14-28-18)20(22(25)27)24-12-10-23(11-13-24)17-7-4-3-5-8-17/h3-9,14,16H,10-13,15H2,1-2H3. The third kappa shape index (κ3) is 3.44. The number of piperazine rings is 1. The minimum atomic E-state index is -0.151. The molecule has 1 aromatic heterocycles. The van der Waals surface area contributed by atoms with Crippen molar-refractivity contribution in [3.63, 3.8) is 0 Å². The molecule has 2 amide bonds. The Kier molecular flexibility index (Phi) is 5.22. The van der Waals surface area contributed by atoms with Gasteiger partial charge in [0, 0.05) is 43.3 Å². The molecule has 28 heavy (non-hydrogen) atoms. The molecule has 1 aromatic carbocycles. The Morgan fingerprint density at radius 3 is 2.18 bits per heavy atom. The number of nitrogens with zero attached hydrogens (tertiary/aromatic N) is 3. The van der Waals surface area contributed by atoms with Gasteiger partial charge in [0.05, 0.1) is 5.57 Å². The van der Waals surface area contributed by atoms with Gasteiger partial charge >= 0.3 is 0 Å². The molecule has 0 N–H and O–H groups in total. The molecule has 0 saturated carbocycles. The summed E-state index contributed by atoms with van der Waals surface area (Å²) < 4.78 is 0. The Hall–Kier alpha value is -2.60. The first-order valence-corrected chi connectivity index (χ1v) is 10.6. The van der Waals surface area contributed by atoms with Gasteiger partial charge in [0.25, 0.3) is 11.8 Å². The van der Waals surface area contributed by atoms with Gasteiger partial charge in [-0.1, -0.05) is 38.1 Å². The van der Waals surface area contributed by atoms with Crippen LogP contribution in [0, 0.1) is 5.92 Å². The van der Waals surface area contributed by atoms with Gasteiger partial charge in [-0.25, -0.2) is 0 Å². The second kappa shape index (κ2) is 7.80. The predicted octanol–water partition coefficient (Wildman–Crippen LogP) is 3.31. The molecular formula is C22H25N3O2S. The van der Waals surface area contributed by atoms with Crippen LogP contribution in [0.3, 0.4) is 0 Å². The van der Waals surface area contributed by atoms with Crippen LogP contribution in [-0.2, 0) is 9.59 Å². The quantitative estimate of drug-likeness (QED) is 0.729. The molecule has 0 spiro atoms. The van der Waals surface area contributed by atoms with E-state index in [-0.39, 0.29) is 17.7 Å². The van der Waals surface area contributed by atoms with Crippen molar-refractivity contribution >= 4 is 34.4 Å². The predicted molar refractivity (Wildman–Crippen MR) is 113 cm³/mol. The summed E-state index contributed by atoms with van der Waals surface area (Å²) in [5.74, 6) is -0.0522. The van der Waals surface area contributed by atoms with Crippen molar-refractivity contribution in [1.29, 1.82) is 0 Å². The molecule has 2 aromatic rings. The van der Waals surface area contributed by atoms with Gasteiger partial charge in [0.1, 0.15) is 5.70 Å². The highest BCUT2D eigenvalue weighted by molar-refractivity contribution is 7.11. The van der Waals surface area contributed by atoms with Gasteiger partial charge in [0.15, 0.2) is 0 Å². The molecular weight excluding hydrogens is 370 g/mol. The van der Waals surface area contributed by atoms with Crippen LogP contribution in [0.25, 0.3) is 5.57 Å². The van der Waals surface area contributed by atoms with Crippen LogP contribution in [0.5, 0.6) is 0 Å². The van der Waals surface area contributed by atoms with Gasteiger partial charge < -0.3 is 9.80 Å². The van der Waals surface area contributed by atoms with Crippen LogP contribution < -0.4 is 4.90 Å². The molecule has 146 valence electrons. The van der Waals surface area contributed by atoms with Crippen LogP contribution in [0.15, 0.2) is 53.5 Å². The van der Waals surface area contributed by atoms with Gasteiger partial charge in [-0.15, -0.1) is 11.3 Å². The molecule has 6 heteroatoms. The molecule has 2 aliphatic heterocycles. The highest BCUT2D eigenvalue weighted by Gasteiger charge is 2.42. The van der Waals surface area contributed by atoms with Crippen LogP contribution in [0.4, 0.5) is 5.69 Å². The molecule has 1 saturated heterocycles. The zero-order valence-corrected chi connectivity index (χ0v) is 17.1. The van der Waals surface area contributed by atoms with Gasteiger partial charge in [-0.3, -0.25) is 14.5 Å². The number of thiophene rings is 1. The van der Waals surface area contributed by atoms with Crippen LogP contribution >= 0.6 is 11.3 Å². The van der Waals surface area contributed by atoms with E-state index in [0.29, 0.717) is 17.8 Å². The molecule has 5 nitrogen and oxygen atoms in total. The van der Waals surface area contributed by atoms with Crippen LogP contribution in [0.2, 0.25) is 0 Å². The van der Waals surface area contributed by atoms with E-state index in [0.717, 1.165) is 31.1 Å². The lowest BCUT2D eigenvalue weighted by molar-refractivity contribution is -0.138. The number of para-hydroxylation sites is 1. The average Bonchev–Trinajstić information content (AvgIpc) is 3.31. The second-order valence-corrected chi connectivity index (χ2v) is 8.57. The average molecular weight is 396 g/mol. The zero-order valence-electron chi connectivity index (χ0n) is 16.3. The van der Waals surface area contributed by atoms with E-state index in [4.69, 9.17) is 0 Å². The lowest BCUT2D eigenvalue weighted by Gasteiger charge is -2.37. The number of carbonyl (C=O) groups excluding carboxylic acids is 2. The largest absolute Gasteiger partial charge is 0.368 e. The summed E-state index contributed by atoms with van der Waals surface area (Å²) in [5, 5.41) is 1.95. The maximum atomic E-state index is 13.2. The fraction of sp³-hybridized carbons (Fsp3) is 0.364. The normalized spacial score (nSPS) is 18.0. The molecule has 0 aliphatic carbocycles. The number of anilines is 1. The van der Waals surface area contributed by atoms with Crippen LogP contribution in [-0.4, -0.2) is 54.3 Å². The third-order valence-electron chi connectivity index (χ3n) is 5.18. The number of amides is 2. The summed E-state index contributed by atoms with van der Waals surface area (Å²) in [6.07, 6.45) is 0. The Bertz CT molecular complexity index is 882. The van der Waals surface area contributed by atoms with Crippen molar-refractivity contribution in [2.24, 2.45) is 5.92 Å². The van der Waals surface area contributed by atoms with Crippen LogP contribution in [0.1, 0.15) is 18.7 Å². The first-order chi connectivity index (χ1) is 13.6.